The molecule has 3 rings (SSSR count). The first-order valence-electron chi connectivity index (χ1n) is 8.15. The Morgan fingerprint density at radius 3 is 2.69 bits per heavy atom. The van der Waals surface area contributed by atoms with Crippen LogP contribution in [0.2, 0.25) is 0 Å². The van der Waals surface area contributed by atoms with E-state index in [1.807, 2.05) is 48.5 Å². The Bertz CT molecular complexity index is 918. The second kappa shape index (κ2) is 8.11. The number of carbonyl (C=O) groups is 1. The number of aromatic nitrogens is 1. The number of rotatable bonds is 6. The van der Waals surface area contributed by atoms with Crippen LogP contribution in [0.4, 0.5) is 0 Å². The fourth-order valence-corrected chi connectivity index (χ4v) is 2.37. The maximum atomic E-state index is 12.2. The molecule has 0 aliphatic carbocycles. The number of carbonyl (C=O) groups excluding carboxylic acids is 1. The molecule has 132 valence electrons. The number of hydrazone groups is 1. The van der Waals surface area contributed by atoms with E-state index in [9.17, 15) is 4.79 Å². The number of nitrogens with one attached hydrogen (secondary N) is 1. The third-order valence-electron chi connectivity index (χ3n) is 3.77. The lowest BCUT2D eigenvalue weighted by molar-refractivity contribution is -0.127. The minimum atomic E-state index is -0.712. The van der Waals surface area contributed by atoms with Crippen LogP contribution in [0.5, 0.6) is 11.5 Å². The highest BCUT2D eigenvalue weighted by Gasteiger charge is 2.15. The normalized spacial score (nSPS) is 12.1. The second-order valence-electron chi connectivity index (χ2n) is 5.60. The van der Waals surface area contributed by atoms with Gasteiger partial charge in [-0.1, -0.05) is 18.2 Å². The van der Waals surface area contributed by atoms with Crippen molar-refractivity contribution in [2.45, 2.75) is 13.0 Å². The number of amides is 1. The number of para-hydroxylation sites is 1. The van der Waals surface area contributed by atoms with Gasteiger partial charge in [-0.15, -0.1) is 0 Å². The second-order valence-corrected chi connectivity index (χ2v) is 5.60. The van der Waals surface area contributed by atoms with Gasteiger partial charge in [-0.2, -0.15) is 5.10 Å². The lowest BCUT2D eigenvalue weighted by Gasteiger charge is -2.14. The maximum Gasteiger partial charge on any atom is 0.280 e. The summed E-state index contributed by atoms with van der Waals surface area (Å²) < 4.78 is 10.9. The van der Waals surface area contributed by atoms with Crippen LogP contribution in [0.25, 0.3) is 10.9 Å². The number of hydrogen-bond donors (Lipinski definition) is 1. The summed E-state index contributed by atoms with van der Waals surface area (Å²) in [6, 6.07) is 16.7. The molecule has 1 heterocycles. The van der Waals surface area contributed by atoms with Crippen LogP contribution >= 0.6 is 0 Å². The standard InChI is InChI=1S/C20H19N3O3/c1-14(26-18-7-3-5-16-6-4-12-21-19(16)18)20(24)23-22-13-15-8-10-17(25-2)11-9-15/h3-14H,1-2H3,(H,23,24). The van der Waals surface area contributed by atoms with E-state index in [1.54, 1.807) is 32.5 Å². The van der Waals surface area contributed by atoms with Crippen molar-refractivity contribution < 1.29 is 14.3 Å². The van der Waals surface area contributed by atoms with E-state index in [0.717, 1.165) is 22.2 Å². The zero-order valence-corrected chi connectivity index (χ0v) is 14.5. The van der Waals surface area contributed by atoms with Crippen molar-refractivity contribution in [1.82, 2.24) is 10.4 Å². The summed E-state index contributed by atoms with van der Waals surface area (Å²) in [6.45, 7) is 1.67. The highest BCUT2D eigenvalue weighted by molar-refractivity contribution is 5.86. The minimum absolute atomic E-state index is 0.345. The van der Waals surface area contributed by atoms with E-state index in [1.165, 1.54) is 0 Å². The van der Waals surface area contributed by atoms with E-state index in [4.69, 9.17) is 9.47 Å². The molecule has 1 unspecified atom stereocenters. The van der Waals surface area contributed by atoms with E-state index >= 15 is 0 Å². The van der Waals surface area contributed by atoms with Gasteiger partial charge in [-0.25, -0.2) is 5.43 Å². The fourth-order valence-electron chi connectivity index (χ4n) is 2.37. The zero-order valence-electron chi connectivity index (χ0n) is 14.5. The van der Waals surface area contributed by atoms with E-state index in [0.29, 0.717) is 5.75 Å². The van der Waals surface area contributed by atoms with Crippen molar-refractivity contribution in [3.8, 4) is 11.5 Å². The summed E-state index contributed by atoms with van der Waals surface area (Å²) in [5.41, 5.74) is 4.05. The van der Waals surface area contributed by atoms with E-state index < -0.39 is 6.10 Å². The number of ether oxygens (including phenoxy) is 2. The van der Waals surface area contributed by atoms with Crippen molar-refractivity contribution in [3.05, 3.63) is 66.4 Å². The first-order valence-corrected chi connectivity index (χ1v) is 8.15. The van der Waals surface area contributed by atoms with E-state index in [-0.39, 0.29) is 5.91 Å². The first-order chi connectivity index (χ1) is 12.7. The number of methoxy groups -OCH3 is 1. The van der Waals surface area contributed by atoms with Gasteiger partial charge >= 0.3 is 0 Å². The number of benzene rings is 2. The molecule has 0 radical (unpaired) electrons. The van der Waals surface area contributed by atoms with Gasteiger partial charge in [0.1, 0.15) is 17.0 Å². The molecule has 1 aromatic heterocycles. The van der Waals surface area contributed by atoms with Gasteiger partial charge < -0.3 is 9.47 Å². The van der Waals surface area contributed by atoms with Gasteiger partial charge in [0.2, 0.25) is 0 Å². The molecule has 1 N–H and O–H groups in total. The molecule has 0 fully saturated rings. The predicted octanol–water partition coefficient (Wildman–Crippen LogP) is 3.16. The molecule has 1 amide bonds. The van der Waals surface area contributed by atoms with Gasteiger partial charge in [0.15, 0.2) is 6.10 Å². The van der Waals surface area contributed by atoms with Crippen LogP contribution in [-0.2, 0) is 4.79 Å². The van der Waals surface area contributed by atoms with Crippen LogP contribution in [0.15, 0.2) is 65.9 Å². The molecular formula is C20H19N3O3. The molecule has 1 atom stereocenters. The number of nitrogens with zero attached hydrogens (tertiary/aromatic N) is 2. The molecule has 26 heavy (non-hydrogen) atoms. The smallest absolute Gasteiger partial charge is 0.280 e. The van der Waals surface area contributed by atoms with Crippen molar-refractivity contribution in [2.75, 3.05) is 7.11 Å². The van der Waals surface area contributed by atoms with E-state index in [2.05, 4.69) is 15.5 Å². The van der Waals surface area contributed by atoms with Crippen molar-refractivity contribution in [2.24, 2.45) is 5.10 Å². The van der Waals surface area contributed by atoms with Gasteiger partial charge in [-0.3, -0.25) is 9.78 Å². The average molecular weight is 349 g/mol. The Balaban J connectivity index is 1.61. The quantitative estimate of drug-likeness (QED) is 0.548. The molecule has 0 saturated heterocycles. The number of pyridine rings is 1. The third kappa shape index (κ3) is 4.16. The third-order valence-corrected chi connectivity index (χ3v) is 3.77. The fraction of sp³-hybridized carbons (Fsp3) is 0.150. The first kappa shape index (κ1) is 17.4. The SMILES string of the molecule is COc1ccc(C=NNC(=O)C(C)Oc2cccc3cccnc23)cc1. The molecule has 2 aromatic carbocycles. The molecule has 3 aromatic rings. The Morgan fingerprint density at radius 2 is 1.92 bits per heavy atom. The van der Waals surface area contributed by atoms with Crippen molar-refractivity contribution >= 4 is 23.0 Å². The summed E-state index contributed by atoms with van der Waals surface area (Å²) in [7, 11) is 1.61. The average Bonchev–Trinajstić information content (AvgIpc) is 2.68. The summed E-state index contributed by atoms with van der Waals surface area (Å²) in [6.07, 6.45) is 2.54. The Hall–Kier alpha value is -3.41. The molecule has 0 bridgehead atoms. The molecule has 0 aliphatic heterocycles. The molecule has 6 heteroatoms. The van der Waals surface area contributed by atoms with Crippen LogP contribution in [0, 0.1) is 0 Å². The Labute approximate surface area is 151 Å². The Kier molecular flexibility index (Phi) is 5.43. The highest BCUT2D eigenvalue weighted by Crippen LogP contribution is 2.23. The van der Waals surface area contributed by atoms with Crippen LogP contribution < -0.4 is 14.9 Å². The lowest BCUT2D eigenvalue weighted by atomic mass is 10.2. The molecule has 0 saturated carbocycles. The summed E-state index contributed by atoms with van der Waals surface area (Å²) in [5, 5.41) is 4.91. The summed E-state index contributed by atoms with van der Waals surface area (Å²) in [5.74, 6) is 0.976. The molecule has 6 nitrogen and oxygen atoms in total. The summed E-state index contributed by atoms with van der Waals surface area (Å²) in [4.78, 5) is 16.5. The molecule has 0 spiro atoms. The largest absolute Gasteiger partial charge is 0.497 e. The monoisotopic (exact) mass is 349 g/mol. The zero-order chi connectivity index (χ0) is 18.4. The van der Waals surface area contributed by atoms with Gasteiger partial charge in [0, 0.05) is 11.6 Å². The van der Waals surface area contributed by atoms with Gasteiger partial charge in [0.05, 0.1) is 13.3 Å². The van der Waals surface area contributed by atoms with Crippen molar-refractivity contribution in [1.29, 1.82) is 0 Å². The topological polar surface area (TPSA) is 72.8 Å². The van der Waals surface area contributed by atoms with Crippen LogP contribution in [0.3, 0.4) is 0 Å². The maximum absolute atomic E-state index is 12.2. The predicted molar refractivity (Wildman–Crippen MR) is 101 cm³/mol. The van der Waals surface area contributed by atoms with Crippen LogP contribution in [-0.4, -0.2) is 30.3 Å². The highest BCUT2D eigenvalue weighted by atomic mass is 16.5. The van der Waals surface area contributed by atoms with Gasteiger partial charge in [0.25, 0.3) is 5.91 Å². The number of fused-ring (bicyclic) bond motifs is 1. The van der Waals surface area contributed by atoms with Crippen molar-refractivity contribution in [3.63, 3.8) is 0 Å². The summed E-state index contributed by atoms with van der Waals surface area (Å²) >= 11 is 0. The minimum Gasteiger partial charge on any atom is -0.497 e. The van der Waals surface area contributed by atoms with Crippen LogP contribution in [0.1, 0.15) is 12.5 Å². The molecular weight excluding hydrogens is 330 g/mol. The number of hydrogen-bond acceptors (Lipinski definition) is 5. The molecule has 0 aliphatic rings. The lowest BCUT2D eigenvalue weighted by Crippen LogP contribution is -2.33. The van der Waals surface area contributed by atoms with Gasteiger partial charge in [-0.05, 0) is 48.9 Å². The Morgan fingerprint density at radius 1 is 1.15 bits per heavy atom.